The van der Waals surface area contributed by atoms with E-state index in [1.165, 1.54) is 11.8 Å². The normalized spacial score (nSPS) is 16.4. The number of hydrogen-bond acceptors (Lipinski definition) is 5. The Hall–Kier alpha value is -1.77. The van der Waals surface area contributed by atoms with E-state index in [1.807, 2.05) is 30.3 Å². The molecule has 168 valence electrons. The molecule has 1 aliphatic heterocycles. The van der Waals surface area contributed by atoms with E-state index in [4.69, 9.17) is 51.8 Å². The van der Waals surface area contributed by atoms with Gasteiger partial charge in [-0.1, -0.05) is 108 Å². The second-order valence-electron chi connectivity index (χ2n) is 6.78. The Balaban J connectivity index is 1.70. The van der Waals surface area contributed by atoms with Crippen LogP contribution in [-0.2, 0) is 16.1 Å². The molecule has 5 nitrogen and oxygen atoms in total. The van der Waals surface area contributed by atoms with E-state index in [2.05, 4.69) is 5.32 Å². The number of thioether (sulfide) groups is 1. The van der Waals surface area contributed by atoms with E-state index in [0.29, 0.717) is 21.5 Å². The van der Waals surface area contributed by atoms with Crippen LogP contribution >= 0.6 is 58.8 Å². The Bertz CT molecular complexity index is 1020. The Labute approximate surface area is 211 Å². The van der Waals surface area contributed by atoms with Crippen LogP contribution in [0.3, 0.4) is 0 Å². The highest BCUT2D eigenvalue weighted by Gasteiger charge is 2.36. The zero-order chi connectivity index (χ0) is 23.3. The number of hydrogen-bond donors (Lipinski definition) is 1. The van der Waals surface area contributed by atoms with Crippen LogP contribution in [0.15, 0.2) is 59.5 Å². The minimum atomic E-state index is -1.85. The van der Waals surface area contributed by atoms with Crippen molar-refractivity contribution in [1.82, 2.24) is 10.2 Å². The molecule has 2 amide bonds. The summed E-state index contributed by atoms with van der Waals surface area (Å²) in [5.74, 6) is -0.0512. The van der Waals surface area contributed by atoms with Gasteiger partial charge in [-0.25, -0.2) is 0 Å². The van der Waals surface area contributed by atoms with Gasteiger partial charge in [0.2, 0.25) is 15.9 Å². The molecule has 1 saturated heterocycles. The van der Waals surface area contributed by atoms with Gasteiger partial charge in [0.25, 0.3) is 5.91 Å². The lowest BCUT2D eigenvalue weighted by Crippen LogP contribution is -2.47. The van der Waals surface area contributed by atoms with Crippen molar-refractivity contribution >= 4 is 81.0 Å². The first kappa shape index (κ1) is 24.9. The number of nitrogens with one attached hydrogen (secondary N) is 1. The van der Waals surface area contributed by atoms with Gasteiger partial charge in [-0.15, -0.1) is 0 Å². The average molecular weight is 530 g/mol. The van der Waals surface area contributed by atoms with Crippen LogP contribution in [-0.4, -0.2) is 31.1 Å². The van der Waals surface area contributed by atoms with Gasteiger partial charge in [-0.2, -0.15) is 0 Å². The van der Waals surface area contributed by atoms with E-state index in [1.54, 1.807) is 42.2 Å². The number of amides is 2. The quantitative estimate of drug-likeness (QED) is 0.216. The lowest BCUT2D eigenvalue weighted by molar-refractivity contribution is -0.123. The molecule has 2 aromatic carbocycles. The third kappa shape index (κ3) is 6.62. The van der Waals surface area contributed by atoms with Crippen LogP contribution in [0, 0.1) is 0 Å². The highest BCUT2D eigenvalue weighted by atomic mass is 35.6. The molecule has 0 radical (unpaired) electrons. The van der Waals surface area contributed by atoms with Crippen molar-refractivity contribution in [3.05, 3.63) is 70.6 Å². The molecule has 0 spiro atoms. The molecule has 0 bridgehead atoms. The summed E-state index contributed by atoms with van der Waals surface area (Å²) >= 11 is 24.4. The predicted molar refractivity (Wildman–Crippen MR) is 135 cm³/mol. The van der Waals surface area contributed by atoms with Crippen molar-refractivity contribution in [2.75, 3.05) is 0 Å². The summed E-state index contributed by atoms with van der Waals surface area (Å²) in [6, 6.07) is 16.5. The summed E-state index contributed by atoms with van der Waals surface area (Å²) in [6.45, 7) is 2.11. The second kappa shape index (κ2) is 10.9. The molecule has 0 aromatic heterocycles. The van der Waals surface area contributed by atoms with Gasteiger partial charge in [0, 0.05) is 6.42 Å². The fourth-order valence-electron chi connectivity index (χ4n) is 2.76. The van der Waals surface area contributed by atoms with Gasteiger partial charge in [-0.05, 0) is 29.3 Å². The van der Waals surface area contributed by atoms with E-state index in [-0.39, 0.29) is 18.2 Å². The average Bonchev–Trinajstić information content (AvgIpc) is 3.02. The van der Waals surface area contributed by atoms with Crippen LogP contribution < -0.4 is 10.1 Å². The van der Waals surface area contributed by atoms with Crippen LogP contribution in [0.25, 0.3) is 6.08 Å². The monoisotopic (exact) mass is 528 g/mol. The van der Waals surface area contributed by atoms with Crippen molar-refractivity contribution in [3.8, 4) is 5.75 Å². The molecular formula is C22H19Cl3N2O3S2. The number of carbonyl (C=O) groups excluding carboxylic acids is 2. The first-order valence-corrected chi connectivity index (χ1v) is 12.0. The maximum absolute atomic E-state index is 12.8. The number of thiocarbonyl (C=S) groups is 1. The fraction of sp³-hybridized carbons (Fsp3) is 0.227. The third-order valence-corrected chi connectivity index (χ3v) is 6.37. The van der Waals surface area contributed by atoms with Crippen LogP contribution in [0.5, 0.6) is 5.75 Å². The Morgan fingerprint density at radius 3 is 2.44 bits per heavy atom. The summed E-state index contributed by atoms with van der Waals surface area (Å²) in [7, 11) is 0. The number of nitrogens with zero attached hydrogens (tertiary/aromatic N) is 1. The van der Waals surface area contributed by atoms with Crippen molar-refractivity contribution < 1.29 is 14.3 Å². The third-order valence-electron chi connectivity index (χ3n) is 4.40. The standard InChI is InChI=1S/C22H19Cl3N2O3S2/c1-2-18(28)26-20(22(23,24)25)30-16-10-8-14(9-11-16)12-17-19(29)27(21(31)32-17)13-15-6-4-3-5-7-15/h3-12,20H,2,13H2,1H3,(H,26,28)/b17-12-/t20-/m0/s1. The van der Waals surface area contributed by atoms with Crippen LogP contribution in [0.2, 0.25) is 0 Å². The zero-order valence-corrected chi connectivity index (χ0v) is 20.8. The van der Waals surface area contributed by atoms with E-state index >= 15 is 0 Å². The molecule has 0 saturated carbocycles. The van der Waals surface area contributed by atoms with Crippen molar-refractivity contribution in [1.29, 1.82) is 0 Å². The number of alkyl halides is 3. The molecule has 0 unspecified atom stereocenters. The first-order valence-electron chi connectivity index (χ1n) is 9.59. The van der Waals surface area contributed by atoms with Gasteiger partial charge >= 0.3 is 0 Å². The SMILES string of the molecule is CCC(=O)N[C@@H](Oc1ccc(/C=C2\SC(=S)N(Cc3ccccc3)C2=O)cc1)C(Cl)(Cl)Cl. The van der Waals surface area contributed by atoms with Gasteiger partial charge < -0.3 is 10.1 Å². The topological polar surface area (TPSA) is 58.6 Å². The molecule has 2 aromatic rings. The number of benzene rings is 2. The minimum absolute atomic E-state index is 0.136. The molecule has 1 fully saturated rings. The van der Waals surface area contributed by atoms with Crippen molar-refractivity contribution in [2.45, 2.75) is 29.9 Å². The number of carbonyl (C=O) groups is 2. The lowest BCUT2D eigenvalue weighted by atomic mass is 10.2. The molecule has 10 heteroatoms. The number of rotatable bonds is 7. The molecule has 32 heavy (non-hydrogen) atoms. The fourth-order valence-corrected chi connectivity index (χ4v) is 4.31. The largest absolute Gasteiger partial charge is 0.466 e. The van der Waals surface area contributed by atoms with E-state index < -0.39 is 10.0 Å². The van der Waals surface area contributed by atoms with Gasteiger partial charge in [0.1, 0.15) is 10.1 Å². The van der Waals surface area contributed by atoms with Crippen molar-refractivity contribution in [3.63, 3.8) is 0 Å². The van der Waals surface area contributed by atoms with Crippen LogP contribution in [0.1, 0.15) is 24.5 Å². The van der Waals surface area contributed by atoms with Gasteiger partial charge in [0.05, 0.1) is 11.4 Å². The predicted octanol–water partition coefficient (Wildman–Crippen LogP) is 5.69. The Morgan fingerprint density at radius 1 is 1.19 bits per heavy atom. The van der Waals surface area contributed by atoms with E-state index in [9.17, 15) is 9.59 Å². The Kier molecular flexibility index (Phi) is 8.47. The molecule has 1 N–H and O–H groups in total. The molecular weight excluding hydrogens is 511 g/mol. The van der Waals surface area contributed by atoms with Crippen LogP contribution in [0.4, 0.5) is 0 Å². The first-order chi connectivity index (χ1) is 15.2. The smallest absolute Gasteiger partial charge is 0.266 e. The molecule has 1 heterocycles. The molecule has 1 aliphatic rings. The zero-order valence-electron chi connectivity index (χ0n) is 16.9. The number of ether oxygens (including phenoxy) is 1. The number of halogens is 3. The molecule has 3 rings (SSSR count). The maximum Gasteiger partial charge on any atom is 0.266 e. The summed E-state index contributed by atoms with van der Waals surface area (Å²) in [5, 5.41) is 2.53. The summed E-state index contributed by atoms with van der Waals surface area (Å²) in [4.78, 5) is 26.6. The van der Waals surface area contributed by atoms with E-state index in [0.717, 1.165) is 11.1 Å². The van der Waals surface area contributed by atoms with Crippen molar-refractivity contribution in [2.24, 2.45) is 0 Å². The van der Waals surface area contributed by atoms with Gasteiger partial charge in [-0.3, -0.25) is 14.5 Å². The Morgan fingerprint density at radius 2 is 1.84 bits per heavy atom. The summed E-state index contributed by atoms with van der Waals surface area (Å²) in [5.41, 5.74) is 1.78. The van der Waals surface area contributed by atoms with Gasteiger partial charge in [0.15, 0.2) is 0 Å². The lowest BCUT2D eigenvalue weighted by Gasteiger charge is -2.26. The molecule has 1 atom stereocenters. The summed E-state index contributed by atoms with van der Waals surface area (Å²) < 4.78 is 4.31. The second-order valence-corrected chi connectivity index (χ2v) is 10.8. The minimum Gasteiger partial charge on any atom is -0.466 e. The molecule has 0 aliphatic carbocycles. The highest BCUT2D eigenvalue weighted by Crippen LogP contribution is 2.35. The maximum atomic E-state index is 12.8. The highest BCUT2D eigenvalue weighted by molar-refractivity contribution is 8.26. The summed E-state index contributed by atoms with van der Waals surface area (Å²) in [6.07, 6.45) is 0.835.